The van der Waals surface area contributed by atoms with Crippen LogP contribution in [0.1, 0.15) is 58.3 Å². The molecule has 18 heteroatoms. The lowest BCUT2D eigenvalue weighted by atomic mass is 9.71. The van der Waals surface area contributed by atoms with Gasteiger partial charge in [-0.1, -0.05) is 69.3 Å². The Labute approximate surface area is 299 Å². The molecule has 12 nitrogen and oxygen atoms in total. The fraction of sp³-hybridized carbons (Fsp3) is 0.353. The first-order chi connectivity index (χ1) is 24.2. The van der Waals surface area contributed by atoms with Gasteiger partial charge in [-0.25, -0.2) is 14.5 Å². The van der Waals surface area contributed by atoms with Crippen LogP contribution >= 0.6 is 11.6 Å². The molecular weight excluding hydrogens is 713 g/mol. The van der Waals surface area contributed by atoms with E-state index in [1.165, 1.54) is 36.9 Å². The summed E-state index contributed by atoms with van der Waals surface area (Å²) in [5, 5.41) is 24.3. The number of alkyl halides is 5. The van der Waals surface area contributed by atoms with Crippen LogP contribution in [-0.2, 0) is 15.1 Å². The van der Waals surface area contributed by atoms with Crippen LogP contribution in [0.25, 0.3) is 22.5 Å². The minimum atomic E-state index is -4.81. The number of hydrogen-bond acceptors (Lipinski definition) is 7. The van der Waals surface area contributed by atoms with Gasteiger partial charge < -0.3 is 15.4 Å². The maximum atomic E-state index is 15.0. The Bertz CT molecular complexity index is 1990. The van der Waals surface area contributed by atoms with Crippen LogP contribution < -0.4 is 10.6 Å². The number of aromatic nitrogens is 5. The third-order valence-corrected chi connectivity index (χ3v) is 9.08. The molecule has 1 saturated heterocycles. The Morgan fingerprint density at radius 3 is 2.33 bits per heavy atom. The monoisotopic (exact) mass is 747 g/mol. The van der Waals surface area contributed by atoms with E-state index in [2.05, 4.69) is 32.2 Å². The number of carbonyl (C=O) groups excluding carboxylic acids is 2. The zero-order valence-electron chi connectivity index (χ0n) is 28.6. The molecule has 2 atom stereocenters. The van der Waals surface area contributed by atoms with E-state index in [1.807, 2.05) is 20.8 Å². The van der Waals surface area contributed by atoms with Gasteiger partial charge in [0.15, 0.2) is 17.3 Å². The second kappa shape index (κ2) is 13.7. The first kappa shape index (κ1) is 37.9. The molecule has 276 valence electrons. The molecular formula is C34H35ClF5N9O3. The van der Waals surface area contributed by atoms with E-state index in [1.54, 1.807) is 29.6 Å². The molecule has 0 aliphatic carbocycles. The number of nitrogens with zero attached hydrogens (tertiary/aromatic N) is 5. The molecule has 2 aromatic heterocycles. The third kappa shape index (κ3) is 7.09. The summed E-state index contributed by atoms with van der Waals surface area (Å²) in [5.41, 5.74) is -2.95. The number of nitrogens with one attached hydrogen (secondary N) is 4. The standard InChI is InChI=1S/C34H35ClF5N9O3/c1-18(31(2,3)4)33(22-10-7-19(8-11-22)21-14-44-48(15-21)28(36)37)27(50)49(29(41)45-33)25(16-52-30(51)46-32(5,6)34(38,39)40)20-9-12-24(35)23(13-20)26-42-17-43-47-26/h7-15,17,25,28H,1,16H2,2-6H3,(H2,41,45)(H,46,51)(H,42,43,47)/t25-,33-/m1/s1. The predicted octanol–water partition coefficient (Wildman–Crippen LogP) is 7.36. The number of halogens is 6. The number of alkyl carbamates (subject to hydrolysis) is 1. The van der Waals surface area contributed by atoms with E-state index in [0.717, 1.165) is 18.7 Å². The molecule has 0 radical (unpaired) electrons. The van der Waals surface area contributed by atoms with Crippen LogP contribution in [0.4, 0.5) is 26.7 Å². The van der Waals surface area contributed by atoms with Crippen molar-refractivity contribution in [1.82, 2.24) is 40.5 Å². The number of ether oxygens (including phenoxy) is 1. The van der Waals surface area contributed by atoms with Crippen molar-refractivity contribution >= 4 is 29.6 Å². The highest BCUT2D eigenvalue weighted by atomic mass is 35.5. The Morgan fingerprint density at radius 2 is 1.77 bits per heavy atom. The Balaban J connectivity index is 1.58. The largest absolute Gasteiger partial charge is 0.447 e. The van der Waals surface area contributed by atoms with Crippen molar-refractivity contribution in [1.29, 1.82) is 5.41 Å². The number of hydrogen-bond donors (Lipinski definition) is 4. The maximum absolute atomic E-state index is 15.0. The summed E-state index contributed by atoms with van der Waals surface area (Å²) in [7, 11) is 0. The van der Waals surface area contributed by atoms with Gasteiger partial charge in [0.05, 0.1) is 17.3 Å². The molecule has 2 aromatic carbocycles. The van der Waals surface area contributed by atoms with Gasteiger partial charge in [-0.2, -0.15) is 32.1 Å². The first-order valence-corrected chi connectivity index (χ1v) is 16.1. The van der Waals surface area contributed by atoms with Gasteiger partial charge in [0.2, 0.25) is 0 Å². The molecule has 4 aromatic rings. The van der Waals surface area contributed by atoms with E-state index in [0.29, 0.717) is 32.5 Å². The number of benzene rings is 2. The van der Waals surface area contributed by atoms with Crippen molar-refractivity contribution in [2.45, 2.75) is 64.5 Å². The number of amides is 2. The Morgan fingerprint density at radius 1 is 1.10 bits per heavy atom. The maximum Gasteiger partial charge on any atom is 0.411 e. The summed E-state index contributed by atoms with van der Waals surface area (Å²) in [6.07, 6.45) is -2.53. The SMILES string of the molecule is C=C(C(C)(C)C)[C@]1(c2ccc(-c3cnn(C(F)F)c3)cc2)NC(=N)N([C@H](COC(=O)NC(C)(C)C(F)(F)F)c2ccc(Cl)c(-c3ncn[nH]3)c2)C1=O. The zero-order valence-corrected chi connectivity index (χ0v) is 29.3. The summed E-state index contributed by atoms with van der Waals surface area (Å²) in [6, 6.07) is 9.65. The minimum Gasteiger partial charge on any atom is -0.447 e. The van der Waals surface area contributed by atoms with Crippen LogP contribution in [0, 0.1) is 10.8 Å². The fourth-order valence-electron chi connectivity index (χ4n) is 5.62. The molecule has 52 heavy (non-hydrogen) atoms. The normalized spacial score (nSPS) is 17.3. The van der Waals surface area contributed by atoms with Crippen LogP contribution in [0.2, 0.25) is 5.02 Å². The van der Waals surface area contributed by atoms with Gasteiger partial charge in [0.25, 0.3) is 5.91 Å². The van der Waals surface area contributed by atoms with E-state index < -0.39 is 59.8 Å². The van der Waals surface area contributed by atoms with Gasteiger partial charge in [-0.05, 0) is 53.7 Å². The molecule has 0 unspecified atom stereocenters. The lowest BCUT2D eigenvalue weighted by Gasteiger charge is -2.37. The van der Waals surface area contributed by atoms with Crippen molar-refractivity contribution in [2.24, 2.45) is 5.41 Å². The van der Waals surface area contributed by atoms with E-state index in [4.69, 9.17) is 21.7 Å². The molecule has 5 rings (SSSR count). The van der Waals surface area contributed by atoms with Crippen LogP contribution in [0.3, 0.4) is 0 Å². The van der Waals surface area contributed by atoms with Crippen molar-refractivity contribution in [3.8, 4) is 22.5 Å². The van der Waals surface area contributed by atoms with Crippen LogP contribution in [0.15, 0.2) is 73.3 Å². The van der Waals surface area contributed by atoms with E-state index in [-0.39, 0.29) is 16.4 Å². The van der Waals surface area contributed by atoms with Crippen LogP contribution in [0.5, 0.6) is 0 Å². The first-order valence-electron chi connectivity index (χ1n) is 15.7. The van der Waals surface area contributed by atoms with Gasteiger partial charge in [0.1, 0.15) is 18.5 Å². The summed E-state index contributed by atoms with van der Waals surface area (Å²) in [5.74, 6) is -0.887. The van der Waals surface area contributed by atoms with E-state index in [9.17, 15) is 31.5 Å². The Kier molecular flexibility index (Phi) is 9.97. The molecule has 2 amide bonds. The third-order valence-electron chi connectivity index (χ3n) is 8.75. The second-order valence-corrected chi connectivity index (χ2v) is 14.0. The van der Waals surface area contributed by atoms with E-state index >= 15 is 0 Å². The lowest BCUT2D eigenvalue weighted by molar-refractivity contribution is -0.183. The van der Waals surface area contributed by atoms with Gasteiger partial charge in [-0.15, -0.1) is 0 Å². The summed E-state index contributed by atoms with van der Waals surface area (Å²) in [4.78, 5) is 32.9. The summed E-state index contributed by atoms with van der Waals surface area (Å²) < 4.78 is 72.9. The van der Waals surface area contributed by atoms with Gasteiger partial charge >= 0.3 is 18.8 Å². The fourth-order valence-corrected chi connectivity index (χ4v) is 5.82. The highest BCUT2D eigenvalue weighted by molar-refractivity contribution is 6.33. The van der Waals surface area contributed by atoms with Crippen LogP contribution in [-0.4, -0.2) is 66.1 Å². The zero-order chi connectivity index (χ0) is 38.4. The van der Waals surface area contributed by atoms with Crippen molar-refractivity contribution in [3.05, 3.63) is 89.5 Å². The molecule has 4 N–H and O–H groups in total. The lowest BCUT2D eigenvalue weighted by Crippen LogP contribution is -2.54. The molecule has 0 saturated carbocycles. The molecule has 1 aliphatic rings. The molecule has 1 fully saturated rings. The summed E-state index contributed by atoms with van der Waals surface area (Å²) in [6.45, 7) is 7.72. The number of carbonyl (C=O) groups is 2. The minimum absolute atomic E-state index is 0.237. The van der Waals surface area contributed by atoms with Crippen molar-refractivity contribution in [2.75, 3.05) is 6.61 Å². The number of H-pyrrole nitrogens is 1. The molecule has 3 heterocycles. The van der Waals surface area contributed by atoms with Gasteiger partial charge in [0, 0.05) is 17.3 Å². The number of rotatable bonds is 10. The molecule has 0 bridgehead atoms. The highest BCUT2D eigenvalue weighted by Crippen LogP contribution is 2.46. The molecule has 0 spiro atoms. The average Bonchev–Trinajstić information content (AvgIpc) is 3.82. The average molecular weight is 748 g/mol. The topological polar surface area (TPSA) is 154 Å². The number of aromatic amines is 1. The summed E-state index contributed by atoms with van der Waals surface area (Å²) >= 11 is 6.46. The van der Waals surface area contributed by atoms with Crippen molar-refractivity contribution < 1.29 is 36.3 Å². The Hall–Kier alpha value is -5.32. The second-order valence-electron chi connectivity index (χ2n) is 13.6. The highest BCUT2D eigenvalue weighted by Gasteiger charge is 2.57. The predicted molar refractivity (Wildman–Crippen MR) is 181 cm³/mol. The molecule has 1 aliphatic heterocycles. The van der Waals surface area contributed by atoms with Gasteiger partial charge in [-0.3, -0.25) is 20.2 Å². The quantitative estimate of drug-likeness (QED) is 0.0977. The smallest absolute Gasteiger partial charge is 0.411 e. The van der Waals surface area contributed by atoms with Crippen molar-refractivity contribution in [3.63, 3.8) is 0 Å². The number of guanidine groups is 1.